The van der Waals surface area contributed by atoms with Gasteiger partial charge in [0.25, 0.3) is 0 Å². The van der Waals surface area contributed by atoms with Crippen molar-refractivity contribution >= 4 is 28.2 Å². The van der Waals surface area contributed by atoms with E-state index in [-0.39, 0.29) is 11.9 Å². The van der Waals surface area contributed by atoms with Crippen molar-refractivity contribution < 1.29 is 18.7 Å². The molecule has 2 aliphatic rings. The highest BCUT2D eigenvalue weighted by atomic mass is 16.5. The van der Waals surface area contributed by atoms with Crippen LogP contribution in [0.1, 0.15) is 12.8 Å². The third-order valence-electron chi connectivity index (χ3n) is 6.65. The third-order valence-corrected chi connectivity index (χ3v) is 6.65. The number of nitrogens with one attached hydrogen (secondary N) is 2. The number of hydrogen-bond acceptors (Lipinski definition) is 8. The van der Waals surface area contributed by atoms with E-state index in [0.29, 0.717) is 49.6 Å². The molecular formula is C25H28N6O4. The number of furan rings is 1. The van der Waals surface area contributed by atoms with Crippen LogP contribution < -0.4 is 20.3 Å². The van der Waals surface area contributed by atoms with E-state index in [1.165, 1.54) is 0 Å². The molecule has 5 heterocycles. The number of nitrogens with zero attached hydrogens (tertiary/aromatic N) is 4. The van der Waals surface area contributed by atoms with Crippen LogP contribution in [0.5, 0.6) is 5.88 Å². The predicted molar refractivity (Wildman–Crippen MR) is 131 cm³/mol. The number of carbonyl (C=O) groups excluding carboxylic acids is 1. The van der Waals surface area contributed by atoms with E-state index in [9.17, 15) is 4.79 Å². The fourth-order valence-electron chi connectivity index (χ4n) is 5.02. The Morgan fingerprint density at radius 1 is 1.23 bits per heavy atom. The average molecular weight is 477 g/mol. The largest absolute Gasteiger partial charge is 0.474 e. The summed E-state index contributed by atoms with van der Waals surface area (Å²) >= 11 is 0. The van der Waals surface area contributed by atoms with Crippen molar-refractivity contribution in [2.45, 2.75) is 24.9 Å². The molecule has 3 aromatic heterocycles. The second-order valence-electron chi connectivity index (χ2n) is 9.04. The molecule has 10 heteroatoms. The number of methoxy groups -OCH3 is 1. The Kier molecular flexibility index (Phi) is 5.75. The van der Waals surface area contributed by atoms with Crippen LogP contribution in [-0.2, 0) is 9.53 Å². The molecular weight excluding hydrogens is 448 g/mol. The fraction of sp³-hybridized carbons (Fsp3) is 0.400. The van der Waals surface area contributed by atoms with E-state index in [1.54, 1.807) is 23.9 Å². The molecule has 2 N–H and O–H groups in total. The minimum Gasteiger partial charge on any atom is -0.474 e. The summed E-state index contributed by atoms with van der Waals surface area (Å²) in [7, 11) is 1.75. The molecule has 6 rings (SSSR count). The quantitative estimate of drug-likeness (QED) is 0.418. The van der Waals surface area contributed by atoms with Crippen LogP contribution >= 0.6 is 0 Å². The maximum atomic E-state index is 11.6. The summed E-state index contributed by atoms with van der Waals surface area (Å²) in [6, 6.07) is 12.1. The number of aromatic nitrogens is 3. The highest BCUT2D eigenvalue weighted by Gasteiger charge is 2.27. The first-order chi connectivity index (χ1) is 17.2. The van der Waals surface area contributed by atoms with Crippen LogP contribution in [0.25, 0.3) is 28.1 Å². The molecule has 2 aliphatic heterocycles. The monoisotopic (exact) mass is 476 g/mol. The van der Waals surface area contributed by atoms with Gasteiger partial charge in [-0.05, 0) is 37.1 Å². The van der Waals surface area contributed by atoms with Crippen molar-refractivity contribution in [3.63, 3.8) is 0 Å². The summed E-state index contributed by atoms with van der Waals surface area (Å²) in [6.07, 6.45) is 4.03. The number of hydrogen-bond donors (Lipinski definition) is 2. The number of amides is 1. The van der Waals surface area contributed by atoms with Crippen LogP contribution in [0.15, 0.2) is 47.0 Å². The highest BCUT2D eigenvalue weighted by molar-refractivity contribution is 5.94. The minimum absolute atomic E-state index is 0.0307. The maximum absolute atomic E-state index is 11.6. The molecule has 1 amide bonds. The van der Waals surface area contributed by atoms with Gasteiger partial charge < -0.3 is 29.4 Å². The van der Waals surface area contributed by atoms with E-state index in [4.69, 9.17) is 13.9 Å². The molecule has 1 aromatic carbocycles. The van der Waals surface area contributed by atoms with Gasteiger partial charge in [-0.1, -0.05) is 6.07 Å². The standard InChI is InChI=1S/C25H28N6O4/c1-33-15-17-4-3-9-30(17)19-5-2-6-21-18(19)10-22(35-21)20-12-27-23-7-8-25(29-31(20)23)34-14-16-11-26-13-24(32)28-16/h2,5-8,10,12,16-17,26H,3-4,9,11,13-15H2,1H3,(H,28,32)/t16-,17+/m0/s1. The second-order valence-corrected chi connectivity index (χ2v) is 9.04. The Bertz CT molecular complexity index is 1360. The van der Waals surface area contributed by atoms with Crippen LogP contribution in [0.2, 0.25) is 0 Å². The zero-order chi connectivity index (χ0) is 23.8. The zero-order valence-corrected chi connectivity index (χ0v) is 19.6. The van der Waals surface area contributed by atoms with Crippen LogP contribution in [0, 0.1) is 0 Å². The van der Waals surface area contributed by atoms with E-state index in [2.05, 4.69) is 37.7 Å². The summed E-state index contributed by atoms with van der Waals surface area (Å²) in [5.41, 5.74) is 3.42. The lowest BCUT2D eigenvalue weighted by Gasteiger charge is -2.26. The molecule has 35 heavy (non-hydrogen) atoms. The summed E-state index contributed by atoms with van der Waals surface area (Å²) in [5.74, 6) is 1.11. The van der Waals surface area contributed by atoms with Gasteiger partial charge >= 0.3 is 0 Å². The second kappa shape index (κ2) is 9.20. The Hall–Kier alpha value is -3.63. The van der Waals surface area contributed by atoms with Crippen molar-refractivity contribution in [3.05, 3.63) is 42.6 Å². The van der Waals surface area contributed by atoms with E-state index < -0.39 is 0 Å². The number of benzene rings is 1. The van der Waals surface area contributed by atoms with Crippen LogP contribution in [0.4, 0.5) is 5.69 Å². The summed E-state index contributed by atoms with van der Waals surface area (Å²) in [5, 5.41) is 11.7. The summed E-state index contributed by atoms with van der Waals surface area (Å²) in [4.78, 5) is 18.5. The topological polar surface area (TPSA) is 106 Å². The number of piperazine rings is 1. The average Bonchev–Trinajstić information content (AvgIpc) is 3.60. The van der Waals surface area contributed by atoms with E-state index in [0.717, 1.165) is 41.7 Å². The molecule has 0 aliphatic carbocycles. The van der Waals surface area contributed by atoms with Gasteiger partial charge in [-0.3, -0.25) is 4.79 Å². The molecule has 0 spiro atoms. The zero-order valence-electron chi connectivity index (χ0n) is 19.6. The molecule has 0 bridgehead atoms. The number of carbonyl (C=O) groups is 1. The lowest BCUT2D eigenvalue weighted by Crippen LogP contribution is -2.54. The maximum Gasteiger partial charge on any atom is 0.234 e. The lowest BCUT2D eigenvalue weighted by molar-refractivity contribution is -0.122. The van der Waals surface area contributed by atoms with Crippen LogP contribution in [0.3, 0.4) is 0 Å². The van der Waals surface area contributed by atoms with Crippen molar-refractivity contribution in [1.29, 1.82) is 0 Å². The van der Waals surface area contributed by atoms with Gasteiger partial charge in [0.2, 0.25) is 11.8 Å². The molecule has 0 radical (unpaired) electrons. The molecule has 4 aromatic rings. The smallest absolute Gasteiger partial charge is 0.234 e. The van der Waals surface area contributed by atoms with E-state index >= 15 is 0 Å². The molecule has 10 nitrogen and oxygen atoms in total. The Balaban J connectivity index is 1.30. The van der Waals surface area contributed by atoms with E-state index in [1.807, 2.05) is 18.2 Å². The van der Waals surface area contributed by atoms with Crippen molar-refractivity contribution in [2.75, 3.05) is 44.9 Å². The van der Waals surface area contributed by atoms with Crippen molar-refractivity contribution in [3.8, 4) is 17.3 Å². The highest BCUT2D eigenvalue weighted by Crippen LogP contribution is 2.37. The Morgan fingerprint density at radius 3 is 3.06 bits per heavy atom. The minimum atomic E-state index is -0.0997. The van der Waals surface area contributed by atoms with Gasteiger partial charge in [0.1, 0.15) is 17.9 Å². The first kappa shape index (κ1) is 21.9. The molecule has 182 valence electrons. The third kappa shape index (κ3) is 4.19. The van der Waals surface area contributed by atoms with Gasteiger partial charge in [0, 0.05) is 37.3 Å². The SMILES string of the molecule is COC[C@H]1CCCN1c1cccc2oc(-c3cnc4ccc(OC[C@@H]5CNCC(=O)N5)nn34)cc12. The van der Waals surface area contributed by atoms with Gasteiger partial charge in [-0.25, -0.2) is 9.50 Å². The summed E-state index contributed by atoms with van der Waals surface area (Å²) in [6.45, 7) is 3.04. The Morgan fingerprint density at radius 2 is 2.17 bits per heavy atom. The number of rotatable bonds is 7. The number of ether oxygens (including phenoxy) is 2. The van der Waals surface area contributed by atoms with Crippen molar-refractivity contribution in [2.24, 2.45) is 0 Å². The molecule has 2 atom stereocenters. The first-order valence-electron chi connectivity index (χ1n) is 12.0. The van der Waals surface area contributed by atoms with Gasteiger partial charge in [-0.15, -0.1) is 5.10 Å². The molecule has 2 fully saturated rings. The number of anilines is 1. The fourth-order valence-corrected chi connectivity index (χ4v) is 5.02. The van der Waals surface area contributed by atoms with Crippen molar-refractivity contribution in [1.82, 2.24) is 25.2 Å². The first-order valence-corrected chi connectivity index (χ1v) is 12.0. The molecule has 2 saturated heterocycles. The van der Waals surface area contributed by atoms with Crippen LogP contribution in [-0.4, -0.2) is 72.5 Å². The molecule has 0 saturated carbocycles. The summed E-state index contributed by atoms with van der Waals surface area (Å²) < 4.78 is 19.3. The Labute approximate surface area is 202 Å². The predicted octanol–water partition coefficient (Wildman–Crippen LogP) is 2.22. The normalized spacial score (nSPS) is 20.6. The van der Waals surface area contributed by atoms with Gasteiger partial charge in [-0.2, -0.15) is 0 Å². The number of imidazole rings is 1. The number of fused-ring (bicyclic) bond motifs is 2. The molecule has 0 unspecified atom stereocenters. The van der Waals surface area contributed by atoms with Gasteiger partial charge in [0.15, 0.2) is 11.4 Å². The van der Waals surface area contributed by atoms with Gasteiger partial charge in [0.05, 0.1) is 31.4 Å². The lowest BCUT2D eigenvalue weighted by atomic mass is 10.1.